The fraction of sp³-hybridized carbons (Fsp3) is 0.250. The average molecular weight is 223 g/mol. The highest BCUT2D eigenvalue weighted by molar-refractivity contribution is 8.22. The third kappa shape index (κ3) is 1.61. The van der Waals surface area contributed by atoms with Gasteiger partial charge in [0.25, 0.3) is 0 Å². The van der Waals surface area contributed by atoms with Crippen molar-refractivity contribution in [3.63, 3.8) is 0 Å². The summed E-state index contributed by atoms with van der Waals surface area (Å²) in [6, 6.07) is 6.21. The van der Waals surface area contributed by atoms with Crippen molar-refractivity contribution in [2.75, 3.05) is 17.5 Å². The van der Waals surface area contributed by atoms with Gasteiger partial charge in [-0.2, -0.15) is 0 Å². The first kappa shape index (κ1) is 9.51. The third-order valence-corrected chi connectivity index (χ3v) is 2.81. The van der Waals surface area contributed by atoms with Gasteiger partial charge in [-0.1, -0.05) is 12.1 Å². The molecule has 1 aromatic carbocycles. The maximum absolute atomic E-state index is 12.6. The van der Waals surface area contributed by atoms with Crippen LogP contribution in [0.5, 0.6) is 5.75 Å². The molecule has 78 valence electrons. The van der Waals surface area contributed by atoms with Crippen molar-refractivity contribution >= 4 is 17.1 Å². The number of hydrogen-bond acceptors (Lipinski definition) is 2. The summed E-state index contributed by atoms with van der Waals surface area (Å²) in [5.41, 5.74) is 0.126. The average Bonchev–Trinajstić information content (AvgIpc) is 2.15. The molecule has 0 aliphatic carbocycles. The third-order valence-electron chi connectivity index (χ3n) is 1.94. The van der Waals surface area contributed by atoms with E-state index in [1.807, 2.05) is 0 Å². The minimum absolute atomic E-state index is 0.0868. The predicted molar refractivity (Wildman–Crippen MR) is 50.2 cm³/mol. The smallest absolute Gasteiger partial charge is 0.302 e. The summed E-state index contributed by atoms with van der Waals surface area (Å²) in [7, 11) is 0. The molecule has 0 atom stereocenters. The second kappa shape index (κ2) is 3.27. The monoisotopic (exact) mass is 223 g/mol. The van der Waals surface area contributed by atoms with Crippen LogP contribution in [0.25, 0.3) is 0 Å². The van der Waals surface area contributed by atoms with Crippen molar-refractivity contribution in [2.24, 2.45) is 0 Å². The van der Waals surface area contributed by atoms with Crippen LogP contribution in [0, 0.1) is 0 Å². The molecule has 1 aliphatic rings. The summed E-state index contributed by atoms with van der Waals surface area (Å²) in [5.74, 6) is 0.309. The zero-order valence-corrected chi connectivity index (χ0v) is 7.94. The fourth-order valence-electron chi connectivity index (χ4n) is 1.36. The van der Waals surface area contributed by atoms with E-state index in [9.17, 15) is 11.7 Å². The second-order valence-corrected chi connectivity index (χ2v) is 4.01. The van der Waals surface area contributed by atoms with Gasteiger partial charge in [0, 0.05) is 0 Å². The maximum atomic E-state index is 12.6. The number of hydrogen-bond donors (Lipinski definition) is 0. The topological polar surface area (TPSA) is 12.5 Å². The Hall–Kier alpha value is -1.04. The lowest BCUT2D eigenvalue weighted by Gasteiger charge is -2.33. The molecule has 2 rings (SSSR count). The summed E-state index contributed by atoms with van der Waals surface area (Å²) >= 11 is -5.19. The Morgan fingerprint density at radius 2 is 1.93 bits per heavy atom. The van der Waals surface area contributed by atoms with Crippen LogP contribution < -0.4 is 9.04 Å². The highest BCUT2D eigenvalue weighted by atomic mass is 32.3. The van der Waals surface area contributed by atoms with Crippen molar-refractivity contribution < 1.29 is 16.4 Å². The number of para-hydroxylation sites is 2. The lowest BCUT2D eigenvalue weighted by atomic mass is 10.2. The number of nitrogens with zero attached hydrogens (tertiary/aromatic N) is 1. The minimum atomic E-state index is -5.19. The molecule has 0 radical (unpaired) electrons. The molecular formula is C8H8F3NOS. The van der Waals surface area contributed by atoms with Gasteiger partial charge in [0.2, 0.25) is 0 Å². The van der Waals surface area contributed by atoms with E-state index in [2.05, 4.69) is 0 Å². The maximum Gasteiger partial charge on any atom is 0.302 e. The zero-order chi connectivity index (χ0) is 10.2. The van der Waals surface area contributed by atoms with Crippen molar-refractivity contribution in [1.82, 2.24) is 0 Å². The van der Waals surface area contributed by atoms with E-state index in [1.165, 1.54) is 6.07 Å². The fourth-order valence-corrected chi connectivity index (χ4v) is 2.01. The predicted octanol–water partition coefficient (Wildman–Crippen LogP) is 3.26. The number of fused-ring (bicyclic) bond motifs is 1. The number of rotatable bonds is 1. The molecule has 0 spiro atoms. The van der Waals surface area contributed by atoms with E-state index in [0.717, 1.165) is 0 Å². The number of halogens is 3. The zero-order valence-electron chi connectivity index (χ0n) is 7.12. The van der Waals surface area contributed by atoms with Crippen molar-refractivity contribution in [2.45, 2.75) is 0 Å². The number of ether oxygens (including phenoxy) is 1. The lowest BCUT2D eigenvalue weighted by Crippen LogP contribution is -2.30. The molecule has 1 heterocycles. The van der Waals surface area contributed by atoms with Crippen molar-refractivity contribution in [3.05, 3.63) is 24.3 Å². The van der Waals surface area contributed by atoms with Crippen molar-refractivity contribution in [3.8, 4) is 5.75 Å². The number of benzene rings is 1. The Balaban J connectivity index is 2.41. The highest BCUT2D eigenvalue weighted by Gasteiger charge is 2.35. The normalized spacial score (nSPS) is 17.2. The Bertz CT molecular complexity index is 342. The summed E-state index contributed by atoms with van der Waals surface area (Å²) in [5, 5.41) is 0. The molecule has 1 aliphatic heterocycles. The van der Waals surface area contributed by atoms with Gasteiger partial charge >= 0.3 is 11.4 Å². The summed E-state index contributed by atoms with van der Waals surface area (Å²) in [6.07, 6.45) is 0. The van der Waals surface area contributed by atoms with Gasteiger partial charge in [0.15, 0.2) is 0 Å². The van der Waals surface area contributed by atoms with Crippen LogP contribution in [-0.2, 0) is 0 Å². The Kier molecular flexibility index (Phi) is 2.22. The molecular weight excluding hydrogens is 215 g/mol. The molecule has 0 saturated heterocycles. The minimum Gasteiger partial charge on any atom is -0.489 e. The molecule has 14 heavy (non-hydrogen) atoms. The molecule has 0 aromatic heterocycles. The lowest BCUT2D eigenvalue weighted by molar-refractivity contribution is 0.314. The van der Waals surface area contributed by atoms with Gasteiger partial charge in [0.1, 0.15) is 12.4 Å². The molecule has 0 N–H and O–H groups in total. The molecule has 1 aromatic rings. The Labute approximate surface area is 81.6 Å². The van der Waals surface area contributed by atoms with Gasteiger partial charge in [-0.25, -0.2) is 0 Å². The SMILES string of the molecule is FS(F)(F)N1CCOc2ccccc21. The van der Waals surface area contributed by atoms with Crippen LogP contribution >= 0.6 is 11.4 Å². The summed E-state index contributed by atoms with van der Waals surface area (Å²) in [4.78, 5) is 0. The first-order valence-corrected chi connectivity index (χ1v) is 5.30. The molecule has 6 heteroatoms. The van der Waals surface area contributed by atoms with Gasteiger partial charge in [0.05, 0.1) is 12.2 Å². The molecule has 0 bridgehead atoms. The van der Waals surface area contributed by atoms with Crippen LogP contribution in [0.4, 0.5) is 17.3 Å². The van der Waals surface area contributed by atoms with Crippen LogP contribution in [-0.4, -0.2) is 13.2 Å². The van der Waals surface area contributed by atoms with E-state index >= 15 is 0 Å². The van der Waals surface area contributed by atoms with Gasteiger partial charge in [-0.15, -0.1) is 11.7 Å². The van der Waals surface area contributed by atoms with Gasteiger partial charge < -0.3 is 4.74 Å². The van der Waals surface area contributed by atoms with Gasteiger partial charge in [-0.05, 0) is 12.1 Å². The molecule has 0 fully saturated rings. The van der Waals surface area contributed by atoms with Crippen LogP contribution in [0.3, 0.4) is 0 Å². The first-order chi connectivity index (χ1) is 6.59. The summed E-state index contributed by atoms with van der Waals surface area (Å²) < 4.78 is 43.3. The van der Waals surface area contributed by atoms with Crippen LogP contribution in [0.2, 0.25) is 0 Å². The van der Waals surface area contributed by atoms with Crippen molar-refractivity contribution in [1.29, 1.82) is 0 Å². The Morgan fingerprint density at radius 3 is 2.64 bits per heavy atom. The Morgan fingerprint density at radius 1 is 1.21 bits per heavy atom. The molecule has 0 unspecified atom stereocenters. The molecule has 0 amide bonds. The van der Waals surface area contributed by atoms with Crippen LogP contribution in [0.15, 0.2) is 24.3 Å². The van der Waals surface area contributed by atoms with Crippen LogP contribution in [0.1, 0.15) is 0 Å². The van der Waals surface area contributed by atoms with E-state index in [0.29, 0.717) is 10.1 Å². The largest absolute Gasteiger partial charge is 0.489 e. The van der Waals surface area contributed by atoms with Gasteiger partial charge in [-0.3, -0.25) is 4.31 Å². The second-order valence-electron chi connectivity index (χ2n) is 2.80. The van der Waals surface area contributed by atoms with E-state index in [-0.39, 0.29) is 18.8 Å². The summed E-state index contributed by atoms with van der Waals surface area (Å²) in [6.45, 7) is -0.0284. The quantitative estimate of drug-likeness (QED) is 0.724. The first-order valence-electron chi connectivity index (χ1n) is 4.01. The van der Waals surface area contributed by atoms with E-state index in [4.69, 9.17) is 4.74 Å². The number of anilines is 1. The van der Waals surface area contributed by atoms with E-state index in [1.54, 1.807) is 18.2 Å². The standard InChI is InChI=1S/C8H8F3NOS/c9-14(10,11)12-5-6-13-8-4-2-1-3-7(8)12/h1-4H,5-6H2. The highest BCUT2D eigenvalue weighted by Crippen LogP contribution is 2.60. The molecule has 2 nitrogen and oxygen atoms in total. The molecule has 0 saturated carbocycles. The van der Waals surface area contributed by atoms with E-state index < -0.39 is 11.4 Å².